The predicted octanol–water partition coefficient (Wildman–Crippen LogP) is 3.16. The highest BCUT2D eigenvalue weighted by Gasteiger charge is 2.18. The van der Waals surface area contributed by atoms with Crippen LogP contribution in [0.1, 0.15) is 25.3 Å². The van der Waals surface area contributed by atoms with E-state index in [1.54, 1.807) is 13.3 Å². The maximum absolute atomic E-state index is 9.43. The topological polar surface area (TPSA) is 112 Å². The Hall–Kier alpha value is -3.23. The van der Waals surface area contributed by atoms with Gasteiger partial charge in [-0.15, -0.1) is 0 Å². The van der Waals surface area contributed by atoms with Crippen LogP contribution in [-0.4, -0.2) is 58.1 Å². The molecule has 3 rings (SSSR count). The molecule has 8 heteroatoms. The molecule has 3 aromatic rings. The molecule has 8 nitrogen and oxygen atoms in total. The second-order valence-corrected chi connectivity index (χ2v) is 7.83. The minimum atomic E-state index is -0.819. The smallest absolute Gasteiger partial charge is 0.129 e. The van der Waals surface area contributed by atoms with Crippen molar-refractivity contribution in [2.75, 3.05) is 37.4 Å². The van der Waals surface area contributed by atoms with Gasteiger partial charge in [0.15, 0.2) is 0 Å². The second kappa shape index (κ2) is 11.4. The number of methoxy groups -OCH3 is 1. The number of aliphatic hydroxyl groups excluding tert-OH is 2. The number of hydrogen-bond acceptors (Lipinski definition) is 8. The summed E-state index contributed by atoms with van der Waals surface area (Å²) in [6.07, 6.45) is 2.43. The van der Waals surface area contributed by atoms with Crippen LogP contribution in [-0.2, 0) is 0 Å². The molecule has 0 spiro atoms. The van der Waals surface area contributed by atoms with E-state index in [9.17, 15) is 5.11 Å². The van der Waals surface area contributed by atoms with E-state index in [2.05, 4.69) is 45.5 Å². The molecule has 32 heavy (non-hydrogen) atoms. The first kappa shape index (κ1) is 23.4. The summed E-state index contributed by atoms with van der Waals surface area (Å²) in [6, 6.07) is 13.7. The van der Waals surface area contributed by atoms with Crippen molar-refractivity contribution in [1.29, 1.82) is 0 Å². The molecule has 0 radical (unpaired) electrons. The van der Waals surface area contributed by atoms with Gasteiger partial charge in [-0.05, 0) is 35.6 Å². The summed E-state index contributed by atoms with van der Waals surface area (Å²) >= 11 is 0. The van der Waals surface area contributed by atoms with Crippen molar-refractivity contribution < 1.29 is 14.9 Å². The lowest BCUT2D eigenvalue weighted by molar-refractivity contribution is 0.105. The first-order valence-corrected chi connectivity index (χ1v) is 10.7. The lowest BCUT2D eigenvalue weighted by Gasteiger charge is -2.23. The number of hydrogen-bond donors (Lipinski definition) is 4. The molecule has 0 aliphatic carbocycles. The number of aromatic nitrogens is 3. The van der Waals surface area contributed by atoms with Gasteiger partial charge in [-0.1, -0.05) is 32.0 Å². The lowest BCUT2D eigenvalue weighted by atomic mass is 9.88. The first-order chi connectivity index (χ1) is 15.5. The van der Waals surface area contributed by atoms with Crippen LogP contribution in [0.5, 0.6) is 5.75 Å². The van der Waals surface area contributed by atoms with Gasteiger partial charge in [0, 0.05) is 30.9 Å². The van der Waals surface area contributed by atoms with Crippen LogP contribution in [0.4, 0.5) is 11.6 Å². The number of para-hydroxylation sites is 1. The zero-order chi connectivity index (χ0) is 22.9. The summed E-state index contributed by atoms with van der Waals surface area (Å²) < 4.78 is 5.51. The van der Waals surface area contributed by atoms with Crippen molar-refractivity contribution in [3.8, 4) is 17.0 Å². The molecular weight excluding hydrogens is 406 g/mol. The minimum Gasteiger partial charge on any atom is -0.496 e. The molecule has 0 aliphatic rings. The van der Waals surface area contributed by atoms with E-state index >= 15 is 0 Å². The van der Waals surface area contributed by atoms with Gasteiger partial charge < -0.3 is 25.6 Å². The average Bonchev–Trinajstić information content (AvgIpc) is 2.85. The summed E-state index contributed by atoms with van der Waals surface area (Å²) in [5.41, 5.74) is 2.82. The van der Waals surface area contributed by atoms with Gasteiger partial charge in [-0.3, -0.25) is 0 Å². The average molecular weight is 438 g/mol. The van der Waals surface area contributed by atoms with Crippen molar-refractivity contribution in [3.05, 3.63) is 60.6 Å². The van der Waals surface area contributed by atoms with Crippen molar-refractivity contribution in [1.82, 2.24) is 15.0 Å². The van der Waals surface area contributed by atoms with Gasteiger partial charge in [-0.2, -0.15) is 0 Å². The summed E-state index contributed by atoms with van der Waals surface area (Å²) in [6.45, 7) is 5.10. The van der Waals surface area contributed by atoms with Gasteiger partial charge in [0.05, 0.1) is 25.5 Å². The van der Waals surface area contributed by atoms with Crippen molar-refractivity contribution >= 4 is 11.6 Å². The monoisotopic (exact) mass is 437 g/mol. The molecule has 0 amide bonds. The molecule has 2 aromatic heterocycles. The van der Waals surface area contributed by atoms with E-state index in [1.807, 2.05) is 36.4 Å². The maximum atomic E-state index is 9.43. The number of anilines is 2. The van der Waals surface area contributed by atoms with E-state index in [1.165, 1.54) is 11.9 Å². The van der Waals surface area contributed by atoms with Gasteiger partial charge in [0.1, 0.15) is 23.7 Å². The quantitative estimate of drug-likeness (QED) is 0.362. The second-order valence-electron chi connectivity index (χ2n) is 7.83. The third-order valence-electron chi connectivity index (χ3n) is 5.54. The van der Waals surface area contributed by atoms with Crippen molar-refractivity contribution in [3.63, 3.8) is 0 Å². The number of ether oxygens (including phenoxy) is 1. The highest BCUT2D eigenvalue weighted by atomic mass is 16.5. The van der Waals surface area contributed by atoms with Crippen LogP contribution in [0.15, 0.2) is 55.0 Å². The van der Waals surface area contributed by atoms with E-state index in [0.29, 0.717) is 17.7 Å². The molecular formula is C24H31N5O3. The van der Waals surface area contributed by atoms with Crippen LogP contribution >= 0.6 is 0 Å². The molecule has 2 heterocycles. The molecule has 0 fully saturated rings. The molecule has 170 valence electrons. The van der Waals surface area contributed by atoms with E-state index in [4.69, 9.17) is 9.84 Å². The number of pyridine rings is 1. The number of nitrogens with one attached hydrogen (secondary N) is 2. The van der Waals surface area contributed by atoms with Crippen LogP contribution in [0, 0.1) is 5.92 Å². The van der Waals surface area contributed by atoms with E-state index in [0.717, 1.165) is 29.4 Å². The Morgan fingerprint density at radius 2 is 1.75 bits per heavy atom. The molecule has 3 atom stereocenters. The fourth-order valence-electron chi connectivity index (χ4n) is 3.34. The number of rotatable bonds is 11. The van der Waals surface area contributed by atoms with Crippen LogP contribution < -0.4 is 15.4 Å². The number of aliphatic hydroxyl groups is 2. The Balaban J connectivity index is 1.61. The van der Waals surface area contributed by atoms with Crippen LogP contribution in [0.3, 0.4) is 0 Å². The Morgan fingerprint density at radius 1 is 0.969 bits per heavy atom. The summed E-state index contributed by atoms with van der Waals surface area (Å²) in [5, 5.41) is 24.7. The standard InChI is InChI=1S/C24H31N5O3/c1-16(17(2)20-6-4-5-7-22(20)32-3)11-25-24-10-21(28-15-29-24)18-8-9-23(26-12-18)27-13-19(31)14-30/h4-10,12,15-17,19,30-31H,11,13-14H2,1-3H3,(H,26,27)(H,25,28,29). The zero-order valence-electron chi connectivity index (χ0n) is 18.7. The zero-order valence-corrected chi connectivity index (χ0v) is 18.7. The van der Waals surface area contributed by atoms with Gasteiger partial charge in [0.25, 0.3) is 0 Å². The molecule has 4 N–H and O–H groups in total. The molecule has 3 unspecified atom stereocenters. The number of benzene rings is 1. The van der Waals surface area contributed by atoms with Crippen LogP contribution in [0.2, 0.25) is 0 Å². The normalized spacial score (nSPS) is 13.8. The van der Waals surface area contributed by atoms with Crippen molar-refractivity contribution in [2.45, 2.75) is 25.9 Å². The van der Waals surface area contributed by atoms with Gasteiger partial charge in [0.2, 0.25) is 0 Å². The highest BCUT2D eigenvalue weighted by Crippen LogP contribution is 2.31. The Kier molecular flexibility index (Phi) is 8.35. The molecule has 0 saturated heterocycles. The summed E-state index contributed by atoms with van der Waals surface area (Å²) in [7, 11) is 1.70. The highest BCUT2D eigenvalue weighted by molar-refractivity contribution is 5.62. The largest absolute Gasteiger partial charge is 0.496 e. The third-order valence-corrected chi connectivity index (χ3v) is 5.54. The molecule has 0 saturated carbocycles. The van der Waals surface area contributed by atoms with Crippen molar-refractivity contribution in [2.24, 2.45) is 5.92 Å². The Morgan fingerprint density at radius 3 is 2.47 bits per heavy atom. The third kappa shape index (κ3) is 6.15. The molecule has 1 aromatic carbocycles. The predicted molar refractivity (Wildman–Crippen MR) is 126 cm³/mol. The van der Waals surface area contributed by atoms with Crippen LogP contribution in [0.25, 0.3) is 11.3 Å². The Bertz CT molecular complexity index is 983. The van der Waals surface area contributed by atoms with E-state index < -0.39 is 6.10 Å². The molecule has 0 bridgehead atoms. The molecule has 0 aliphatic heterocycles. The fraction of sp³-hybridized carbons (Fsp3) is 0.375. The summed E-state index contributed by atoms with van der Waals surface area (Å²) in [4.78, 5) is 13.0. The fourth-order valence-corrected chi connectivity index (χ4v) is 3.34. The summed E-state index contributed by atoms with van der Waals surface area (Å²) in [5.74, 6) is 2.95. The Labute approximate surface area is 188 Å². The number of nitrogens with zero attached hydrogens (tertiary/aromatic N) is 3. The van der Waals surface area contributed by atoms with Gasteiger partial charge in [-0.25, -0.2) is 15.0 Å². The maximum Gasteiger partial charge on any atom is 0.129 e. The van der Waals surface area contributed by atoms with Gasteiger partial charge >= 0.3 is 0 Å². The SMILES string of the molecule is COc1ccccc1C(C)C(C)CNc1cc(-c2ccc(NCC(O)CO)nc2)ncn1. The lowest BCUT2D eigenvalue weighted by Crippen LogP contribution is -2.23. The minimum absolute atomic E-state index is 0.232. The van der Waals surface area contributed by atoms with E-state index in [-0.39, 0.29) is 13.2 Å². The first-order valence-electron chi connectivity index (χ1n) is 10.7.